The lowest BCUT2D eigenvalue weighted by Gasteiger charge is -2.09. The number of amides is 2. The molecule has 140 valence electrons. The first-order valence-electron chi connectivity index (χ1n) is 8.11. The summed E-state index contributed by atoms with van der Waals surface area (Å²) in [6, 6.07) is 5.84. The van der Waals surface area contributed by atoms with Gasteiger partial charge in [-0.1, -0.05) is 35.8 Å². The van der Waals surface area contributed by atoms with Crippen LogP contribution in [0.15, 0.2) is 28.7 Å². The number of urea groups is 1. The number of nitrogens with one attached hydrogen (secondary N) is 2. The van der Waals surface area contributed by atoms with E-state index in [1.807, 2.05) is 13.8 Å². The molecule has 8 heteroatoms. The third kappa shape index (κ3) is 5.28. The van der Waals surface area contributed by atoms with E-state index < -0.39 is 17.8 Å². The number of ether oxygens (including phenoxy) is 1. The molecule has 1 aromatic carbocycles. The van der Waals surface area contributed by atoms with Crippen LogP contribution < -0.4 is 10.6 Å². The predicted molar refractivity (Wildman–Crippen MR) is 104 cm³/mol. The fraction of sp³-hybridized carbons (Fsp3) is 0.333. The van der Waals surface area contributed by atoms with Gasteiger partial charge in [-0.05, 0) is 31.0 Å². The number of esters is 1. The van der Waals surface area contributed by atoms with E-state index in [1.165, 1.54) is 17.4 Å². The van der Waals surface area contributed by atoms with Crippen molar-refractivity contribution in [3.05, 3.63) is 50.6 Å². The summed E-state index contributed by atoms with van der Waals surface area (Å²) in [5.41, 5.74) is 0.688. The smallest absolute Gasteiger partial charge is 0.341 e. The molecule has 0 saturated heterocycles. The van der Waals surface area contributed by atoms with Gasteiger partial charge in [0.2, 0.25) is 0 Å². The molecule has 2 amide bonds. The van der Waals surface area contributed by atoms with Crippen LogP contribution in [0.5, 0.6) is 0 Å². The Morgan fingerprint density at radius 3 is 2.65 bits per heavy atom. The summed E-state index contributed by atoms with van der Waals surface area (Å²) in [6.07, 6.45) is 0. The van der Waals surface area contributed by atoms with Gasteiger partial charge in [-0.25, -0.2) is 14.0 Å². The summed E-state index contributed by atoms with van der Waals surface area (Å²) in [4.78, 5) is 25.2. The number of carbonyl (C=O) groups excluding carboxylic acids is 2. The minimum atomic E-state index is -0.518. The highest BCUT2D eigenvalue weighted by Gasteiger charge is 2.20. The summed E-state index contributed by atoms with van der Waals surface area (Å²) < 4.78 is 19.5. The van der Waals surface area contributed by atoms with Crippen LogP contribution in [0, 0.1) is 5.82 Å². The van der Waals surface area contributed by atoms with E-state index in [4.69, 9.17) is 4.74 Å². The number of hydrogen-bond acceptors (Lipinski definition) is 4. The van der Waals surface area contributed by atoms with Crippen molar-refractivity contribution in [2.45, 2.75) is 33.2 Å². The molecule has 0 spiro atoms. The minimum absolute atomic E-state index is 0.0299. The molecule has 0 bridgehead atoms. The topological polar surface area (TPSA) is 67.4 Å². The first-order valence-corrected chi connectivity index (χ1v) is 9.72. The lowest BCUT2D eigenvalue weighted by Crippen LogP contribution is -2.28. The number of halogens is 2. The van der Waals surface area contributed by atoms with E-state index in [0.29, 0.717) is 20.6 Å². The monoisotopic (exact) mass is 442 g/mol. The van der Waals surface area contributed by atoms with Gasteiger partial charge >= 0.3 is 12.0 Å². The lowest BCUT2D eigenvalue weighted by atomic mass is 10.1. The predicted octanol–water partition coefficient (Wildman–Crippen LogP) is 5.27. The molecule has 0 unspecified atom stereocenters. The normalized spacial score (nSPS) is 10.7. The van der Waals surface area contributed by atoms with Crippen LogP contribution in [0.4, 0.5) is 14.2 Å². The highest BCUT2D eigenvalue weighted by Crippen LogP contribution is 2.33. The second-order valence-electron chi connectivity index (χ2n) is 5.81. The van der Waals surface area contributed by atoms with E-state index >= 15 is 0 Å². The molecule has 2 rings (SSSR count). The number of anilines is 1. The molecule has 1 aromatic heterocycles. The molecular weight excluding hydrogens is 423 g/mol. The van der Waals surface area contributed by atoms with Crippen molar-refractivity contribution < 1.29 is 18.7 Å². The molecule has 0 radical (unpaired) electrons. The summed E-state index contributed by atoms with van der Waals surface area (Å²) >= 11 is 4.51. The SMILES string of the molecule is CCOC(=O)c1cc(C(C)C)sc1NC(=O)NCc1ccc(Br)cc1F. The van der Waals surface area contributed by atoms with Crippen molar-refractivity contribution >= 4 is 44.3 Å². The molecule has 0 aliphatic carbocycles. The third-order valence-corrected chi connectivity index (χ3v) is 5.34. The van der Waals surface area contributed by atoms with Crippen LogP contribution in [0.3, 0.4) is 0 Å². The van der Waals surface area contributed by atoms with Gasteiger partial charge in [0, 0.05) is 21.5 Å². The van der Waals surface area contributed by atoms with Crippen molar-refractivity contribution in [3.8, 4) is 0 Å². The maximum absolute atomic E-state index is 13.8. The van der Waals surface area contributed by atoms with E-state index in [-0.39, 0.29) is 19.1 Å². The average molecular weight is 443 g/mol. The standard InChI is InChI=1S/C18H20BrFN2O3S/c1-4-25-17(23)13-8-15(10(2)3)26-16(13)22-18(24)21-9-11-5-6-12(19)7-14(11)20/h5-8,10H,4,9H2,1-3H3,(H2,21,22,24). The quantitative estimate of drug-likeness (QED) is 0.598. The minimum Gasteiger partial charge on any atom is -0.462 e. The van der Waals surface area contributed by atoms with E-state index in [0.717, 1.165) is 4.88 Å². The van der Waals surface area contributed by atoms with Gasteiger partial charge in [0.15, 0.2) is 0 Å². The molecule has 2 N–H and O–H groups in total. The molecule has 0 saturated carbocycles. The number of benzene rings is 1. The van der Waals surface area contributed by atoms with Crippen molar-refractivity contribution in [1.29, 1.82) is 0 Å². The summed E-state index contributed by atoms with van der Waals surface area (Å²) in [5, 5.41) is 5.67. The maximum Gasteiger partial charge on any atom is 0.341 e. The summed E-state index contributed by atoms with van der Waals surface area (Å²) in [6.45, 7) is 6.00. The van der Waals surface area contributed by atoms with Crippen molar-refractivity contribution in [1.82, 2.24) is 5.32 Å². The van der Waals surface area contributed by atoms with Crippen LogP contribution in [0.25, 0.3) is 0 Å². The molecule has 26 heavy (non-hydrogen) atoms. The Labute approximate surface area is 164 Å². The van der Waals surface area contributed by atoms with Gasteiger partial charge in [0.05, 0.1) is 12.2 Å². The van der Waals surface area contributed by atoms with Crippen molar-refractivity contribution in [3.63, 3.8) is 0 Å². The second kappa shape index (κ2) is 9.14. The lowest BCUT2D eigenvalue weighted by molar-refractivity contribution is 0.0528. The van der Waals surface area contributed by atoms with Gasteiger partial charge in [-0.3, -0.25) is 5.32 Å². The van der Waals surface area contributed by atoms with Crippen LogP contribution >= 0.6 is 27.3 Å². The maximum atomic E-state index is 13.8. The van der Waals surface area contributed by atoms with E-state index in [1.54, 1.807) is 25.1 Å². The number of thiophene rings is 1. The molecule has 0 fully saturated rings. The molecular formula is C18H20BrFN2O3S. The highest BCUT2D eigenvalue weighted by atomic mass is 79.9. The molecule has 0 aliphatic heterocycles. The molecule has 0 aliphatic rings. The third-order valence-electron chi connectivity index (χ3n) is 3.50. The van der Waals surface area contributed by atoms with Gasteiger partial charge in [-0.2, -0.15) is 0 Å². The Bertz CT molecular complexity index is 808. The summed E-state index contributed by atoms with van der Waals surface area (Å²) in [7, 11) is 0. The number of hydrogen-bond donors (Lipinski definition) is 2. The zero-order chi connectivity index (χ0) is 19.3. The number of carbonyl (C=O) groups is 2. The van der Waals surface area contributed by atoms with Crippen LogP contribution in [0.2, 0.25) is 0 Å². The Hall–Kier alpha value is -1.93. The molecule has 1 heterocycles. The van der Waals surface area contributed by atoms with Gasteiger partial charge in [0.1, 0.15) is 10.8 Å². The average Bonchev–Trinajstić information content (AvgIpc) is 2.98. The molecule has 2 aromatic rings. The Morgan fingerprint density at radius 2 is 2.04 bits per heavy atom. The second-order valence-corrected chi connectivity index (χ2v) is 7.81. The Morgan fingerprint density at radius 1 is 1.31 bits per heavy atom. The van der Waals surface area contributed by atoms with E-state index in [2.05, 4.69) is 26.6 Å². The van der Waals surface area contributed by atoms with Crippen LogP contribution in [-0.2, 0) is 11.3 Å². The van der Waals surface area contributed by atoms with Crippen molar-refractivity contribution in [2.24, 2.45) is 0 Å². The van der Waals surface area contributed by atoms with Gasteiger partial charge in [0.25, 0.3) is 0 Å². The zero-order valence-corrected chi connectivity index (χ0v) is 17.1. The van der Waals surface area contributed by atoms with Gasteiger partial charge < -0.3 is 10.1 Å². The largest absolute Gasteiger partial charge is 0.462 e. The zero-order valence-electron chi connectivity index (χ0n) is 14.7. The molecule has 5 nitrogen and oxygen atoms in total. The Kier molecular flexibility index (Phi) is 7.16. The van der Waals surface area contributed by atoms with Crippen LogP contribution in [-0.4, -0.2) is 18.6 Å². The number of rotatable bonds is 6. The highest BCUT2D eigenvalue weighted by molar-refractivity contribution is 9.10. The first-order chi connectivity index (χ1) is 12.3. The fourth-order valence-corrected chi connectivity index (χ4v) is 3.51. The van der Waals surface area contributed by atoms with Gasteiger partial charge in [-0.15, -0.1) is 11.3 Å². The summed E-state index contributed by atoms with van der Waals surface area (Å²) in [5.74, 6) is -0.682. The molecule has 0 atom stereocenters. The van der Waals surface area contributed by atoms with E-state index in [9.17, 15) is 14.0 Å². The Balaban J connectivity index is 2.08. The fourth-order valence-electron chi connectivity index (χ4n) is 2.14. The van der Waals surface area contributed by atoms with Crippen LogP contribution in [0.1, 0.15) is 47.5 Å². The van der Waals surface area contributed by atoms with Crippen molar-refractivity contribution in [2.75, 3.05) is 11.9 Å². The first kappa shape index (κ1) is 20.4.